The number of hydrogen-bond acceptors (Lipinski definition) is 3. The second-order valence-electron chi connectivity index (χ2n) is 4.90. The van der Waals surface area contributed by atoms with E-state index < -0.39 is 5.66 Å². The smallest absolute Gasteiger partial charge is 0.196 e. The summed E-state index contributed by atoms with van der Waals surface area (Å²) in [5, 5.41) is 0. The van der Waals surface area contributed by atoms with Crippen LogP contribution in [0, 0.1) is 0 Å². The molecule has 0 fully saturated rings. The van der Waals surface area contributed by atoms with Gasteiger partial charge in [-0.15, -0.1) is 0 Å². The molecule has 0 unspecified atom stereocenters. The normalized spacial score (nSPS) is 11.5. The van der Waals surface area contributed by atoms with Gasteiger partial charge in [-0.1, -0.05) is 62.9 Å². The van der Waals surface area contributed by atoms with Gasteiger partial charge in [0, 0.05) is 5.56 Å². The van der Waals surface area contributed by atoms with Crippen molar-refractivity contribution in [3.05, 3.63) is 35.9 Å². The molecule has 0 bridgehead atoms. The molecule has 3 heteroatoms. The van der Waals surface area contributed by atoms with E-state index in [9.17, 15) is 4.79 Å². The lowest BCUT2D eigenvalue weighted by Gasteiger charge is -2.23. The first-order valence-electron chi connectivity index (χ1n) is 6.75. The Bertz CT molecular complexity index is 360. The maximum Gasteiger partial charge on any atom is 0.196 e. The number of Topliss-reactive ketones (excluding diaryl/α,β-unsaturated/α-hetero) is 1. The fourth-order valence-electron chi connectivity index (χ4n) is 1.99. The number of ketones is 1. The molecule has 1 aromatic rings. The first-order valence-corrected chi connectivity index (χ1v) is 6.75. The molecule has 1 rings (SSSR count). The van der Waals surface area contributed by atoms with Crippen molar-refractivity contribution in [2.75, 3.05) is 0 Å². The highest BCUT2D eigenvalue weighted by molar-refractivity contribution is 6.02. The third kappa shape index (κ3) is 4.59. The van der Waals surface area contributed by atoms with Gasteiger partial charge < -0.3 is 11.5 Å². The molecular formula is C15H24N2O. The van der Waals surface area contributed by atoms with Gasteiger partial charge in [0.15, 0.2) is 5.78 Å². The molecule has 0 atom stereocenters. The standard InChI is InChI=1S/C15H24N2O/c1-2-3-4-5-9-12-15(16,17)14(18)13-10-7-6-8-11-13/h6-8,10-11H,2-5,9,12,16-17H2,1H3. The maximum atomic E-state index is 12.1. The molecule has 3 nitrogen and oxygen atoms in total. The number of carbonyl (C=O) groups is 1. The highest BCUT2D eigenvalue weighted by atomic mass is 16.1. The second-order valence-corrected chi connectivity index (χ2v) is 4.90. The van der Waals surface area contributed by atoms with E-state index in [2.05, 4.69) is 6.92 Å². The van der Waals surface area contributed by atoms with Crippen molar-refractivity contribution < 1.29 is 4.79 Å². The summed E-state index contributed by atoms with van der Waals surface area (Å²) < 4.78 is 0. The van der Waals surface area contributed by atoms with Gasteiger partial charge in [0.1, 0.15) is 5.66 Å². The summed E-state index contributed by atoms with van der Waals surface area (Å²) in [5.41, 5.74) is 11.2. The summed E-state index contributed by atoms with van der Waals surface area (Å²) in [6.45, 7) is 2.18. The van der Waals surface area contributed by atoms with E-state index in [1.54, 1.807) is 12.1 Å². The van der Waals surface area contributed by atoms with Crippen LogP contribution in [0.15, 0.2) is 30.3 Å². The zero-order chi connectivity index (χ0) is 13.4. The number of nitrogens with two attached hydrogens (primary N) is 2. The molecule has 0 aromatic heterocycles. The molecule has 4 N–H and O–H groups in total. The molecule has 0 aliphatic heterocycles. The van der Waals surface area contributed by atoms with E-state index in [-0.39, 0.29) is 5.78 Å². The van der Waals surface area contributed by atoms with Crippen LogP contribution in [0.1, 0.15) is 55.8 Å². The Kier molecular flexibility index (Phi) is 6.02. The van der Waals surface area contributed by atoms with E-state index in [4.69, 9.17) is 11.5 Å². The Morgan fingerprint density at radius 3 is 2.28 bits per heavy atom. The van der Waals surface area contributed by atoms with Gasteiger partial charge in [0.25, 0.3) is 0 Å². The predicted octanol–water partition coefficient (Wildman–Crippen LogP) is 2.84. The molecule has 0 spiro atoms. The molecule has 0 aliphatic carbocycles. The molecule has 0 saturated heterocycles. The van der Waals surface area contributed by atoms with E-state index in [0.717, 1.165) is 12.8 Å². The summed E-state index contributed by atoms with van der Waals surface area (Å²) in [4.78, 5) is 12.1. The van der Waals surface area contributed by atoms with Crippen molar-refractivity contribution in [2.45, 2.75) is 51.1 Å². The molecule has 18 heavy (non-hydrogen) atoms. The zero-order valence-electron chi connectivity index (χ0n) is 11.2. The molecular weight excluding hydrogens is 224 g/mol. The largest absolute Gasteiger partial charge is 0.307 e. The monoisotopic (exact) mass is 248 g/mol. The summed E-state index contributed by atoms with van der Waals surface area (Å²) in [7, 11) is 0. The van der Waals surface area contributed by atoms with Gasteiger partial charge in [-0.25, -0.2) is 0 Å². The molecule has 0 aliphatic rings. The van der Waals surface area contributed by atoms with Gasteiger partial charge in [0.2, 0.25) is 0 Å². The van der Waals surface area contributed by atoms with Crippen molar-refractivity contribution in [1.82, 2.24) is 0 Å². The van der Waals surface area contributed by atoms with E-state index >= 15 is 0 Å². The molecule has 0 radical (unpaired) electrons. The van der Waals surface area contributed by atoms with Gasteiger partial charge >= 0.3 is 0 Å². The molecule has 100 valence electrons. The molecule has 0 heterocycles. The Labute approximate surface area is 110 Å². The quantitative estimate of drug-likeness (QED) is 0.422. The molecule has 1 aromatic carbocycles. The van der Waals surface area contributed by atoms with Crippen LogP contribution in [0.3, 0.4) is 0 Å². The highest BCUT2D eigenvalue weighted by Gasteiger charge is 2.29. The summed E-state index contributed by atoms with van der Waals surface area (Å²) in [6, 6.07) is 9.03. The van der Waals surface area contributed by atoms with Crippen LogP contribution in [-0.2, 0) is 0 Å². The SMILES string of the molecule is CCCCCCCC(N)(N)C(=O)c1ccccc1. The number of rotatable bonds is 8. The van der Waals surface area contributed by atoms with Crippen molar-refractivity contribution >= 4 is 5.78 Å². The lowest BCUT2D eigenvalue weighted by molar-refractivity contribution is 0.0881. The first kappa shape index (κ1) is 14.9. The number of unbranched alkanes of at least 4 members (excludes halogenated alkanes) is 4. The second kappa shape index (κ2) is 7.29. The summed E-state index contributed by atoms with van der Waals surface area (Å²) >= 11 is 0. The molecule has 0 saturated carbocycles. The van der Waals surface area contributed by atoms with Crippen LogP contribution < -0.4 is 11.5 Å². The highest BCUT2D eigenvalue weighted by Crippen LogP contribution is 2.14. The third-order valence-corrected chi connectivity index (χ3v) is 3.15. The van der Waals surface area contributed by atoms with Crippen LogP contribution in [-0.4, -0.2) is 11.4 Å². The fourth-order valence-corrected chi connectivity index (χ4v) is 1.99. The van der Waals surface area contributed by atoms with Crippen LogP contribution >= 0.6 is 0 Å². The molecule has 0 amide bonds. The number of hydrogen-bond donors (Lipinski definition) is 2. The third-order valence-electron chi connectivity index (χ3n) is 3.15. The topological polar surface area (TPSA) is 69.1 Å². The lowest BCUT2D eigenvalue weighted by Crippen LogP contribution is -2.56. The summed E-state index contributed by atoms with van der Waals surface area (Å²) in [5.74, 6) is -0.168. The minimum Gasteiger partial charge on any atom is -0.307 e. The average molecular weight is 248 g/mol. The van der Waals surface area contributed by atoms with E-state index in [1.165, 1.54) is 19.3 Å². The Hall–Kier alpha value is -1.19. The number of benzene rings is 1. The van der Waals surface area contributed by atoms with Crippen molar-refractivity contribution in [1.29, 1.82) is 0 Å². The zero-order valence-corrected chi connectivity index (χ0v) is 11.2. The van der Waals surface area contributed by atoms with Crippen LogP contribution in [0.2, 0.25) is 0 Å². The minimum absolute atomic E-state index is 0.168. The van der Waals surface area contributed by atoms with Gasteiger partial charge in [-0.3, -0.25) is 4.79 Å². The van der Waals surface area contributed by atoms with Crippen molar-refractivity contribution in [2.24, 2.45) is 11.5 Å². The van der Waals surface area contributed by atoms with Crippen LogP contribution in [0.25, 0.3) is 0 Å². The Balaban J connectivity index is 2.45. The fraction of sp³-hybridized carbons (Fsp3) is 0.533. The number of carbonyl (C=O) groups excluding carboxylic acids is 1. The van der Waals surface area contributed by atoms with Gasteiger partial charge in [-0.2, -0.15) is 0 Å². The minimum atomic E-state index is -1.23. The summed E-state index contributed by atoms with van der Waals surface area (Å²) in [6.07, 6.45) is 6.17. The Morgan fingerprint density at radius 1 is 1.06 bits per heavy atom. The maximum absolute atomic E-state index is 12.1. The van der Waals surface area contributed by atoms with Crippen LogP contribution in [0.4, 0.5) is 0 Å². The van der Waals surface area contributed by atoms with Crippen molar-refractivity contribution in [3.8, 4) is 0 Å². The first-order chi connectivity index (χ1) is 8.58. The average Bonchev–Trinajstić information content (AvgIpc) is 2.38. The van der Waals surface area contributed by atoms with E-state index in [0.29, 0.717) is 12.0 Å². The van der Waals surface area contributed by atoms with Crippen molar-refractivity contribution in [3.63, 3.8) is 0 Å². The van der Waals surface area contributed by atoms with Crippen LogP contribution in [0.5, 0.6) is 0 Å². The lowest BCUT2D eigenvalue weighted by atomic mass is 9.93. The van der Waals surface area contributed by atoms with Gasteiger partial charge in [0.05, 0.1) is 0 Å². The van der Waals surface area contributed by atoms with Gasteiger partial charge in [-0.05, 0) is 12.8 Å². The van der Waals surface area contributed by atoms with E-state index in [1.807, 2.05) is 18.2 Å². The Morgan fingerprint density at radius 2 is 1.67 bits per heavy atom. The predicted molar refractivity (Wildman–Crippen MR) is 75.3 cm³/mol.